The number of fused-ring (bicyclic) bond motifs is 2. The highest BCUT2D eigenvalue weighted by Crippen LogP contribution is 2.43. The van der Waals surface area contributed by atoms with E-state index in [2.05, 4.69) is 29.1 Å². The first-order valence-electron chi connectivity index (χ1n) is 11.3. The van der Waals surface area contributed by atoms with Crippen molar-refractivity contribution in [3.63, 3.8) is 0 Å². The molecule has 0 aliphatic carbocycles. The van der Waals surface area contributed by atoms with E-state index >= 15 is 0 Å². The van der Waals surface area contributed by atoms with Gasteiger partial charge in [0.1, 0.15) is 0 Å². The average molecular weight is 453 g/mol. The van der Waals surface area contributed by atoms with E-state index < -0.39 is 6.43 Å². The first-order chi connectivity index (χ1) is 15.8. The van der Waals surface area contributed by atoms with Gasteiger partial charge >= 0.3 is 0 Å². The number of nitrogens with two attached hydrogens (primary N) is 1. The van der Waals surface area contributed by atoms with Crippen LogP contribution in [-0.2, 0) is 17.6 Å². The fourth-order valence-electron chi connectivity index (χ4n) is 5.01. The molecule has 2 aromatic rings. The molecule has 4 rings (SSSR count). The zero-order valence-corrected chi connectivity index (χ0v) is 19.2. The van der Waals surface area contributed by atoms with Gasteiger partial charge in [0.05, 0.1) is 0 Å². The van der Waals surface area contributed by atoms with Crippen LogP contribution in [0, 0.1) is 11.8 Å². The van der Waals surface area contributed by atoms with Crippen molar-refractivity contribution in [2.75, 3.05) is 23.8 Å². The minimum atomic E-state index is -2.65. The highest BCUT2D eigenvalue weighted by Gasteiger charge is 2.30. The monoisotopic (exact) mass is 452 g/mol. The first-order valence-corrected chi connectivity index (χ1v) is 11.3. The average Bonchev–Trinajstić information content (AvgIpc) is 2.91. The lowest BCUT2D eigenvalue weighted by atomic mass is 9.87. The quantitative estimate of drug-likeness (QED) is 0.604. The zero-order valence-electron chi connectivity index (χ0n) is 19.2. The number of amides is 1. The summed E-state index contributed by atoms with van der Waals surface area (Å²) in [6, 6.07) is 9.30. The molecule has 0 saturated heterocycles. The summed E-state index contributed by atoms with van der Waals surface area (Å²) in [6.07, 6.45) is 2.18. The lowest BCUT2D eigenvalue weighted by Crippen LogP contribution is -2.31. The highest BCUT2D eigenvalue weighted by atomic mass is 19.3. The van der Waals surface area contributed by atoms with Gasteiger partial charge in [0, 0.05) is 60.6 Å². The number of anilines is 3. The van der Waals surface area contributed by atoms with Crippen molar-refractivity contribution in [2.24, 2.45) is 22.6 Å². The smallest absolute Gasteiger partial charge is 0.264 e. The maximum Gasteiger partial charge on any atom is 0.264 e. The molecule has 33 heavy (non-hydrogen) atoms. The van der Waals surface area contributed by atoms with Gasteiger partial charge in [-0.3, -0.25) is 9.79 Å². The fourth-order valence-corrected chi connectivity index (χ4v) is 5.01. The van der Waals surface area contributed by atoms with E-state index in [0.29, 0.717) is 30.0 Å². The van der Waals surface area contributed by atoms with Crippen molar-refractivity contribution >= 4 is 34.8 Å². The Bertz CT molecular complexity index is 1130. The Morgan fingerprint density at radius 1 is 1.18 bits per heavy atom. The number of nitrogens with one attached hydrogen (secondary N) is 1. The molecular weight excluding hydrogens is 422 g/mol. The third-order valence-corrected chi connectivity index (χ3v) is 6.40. The third-order valence-electron chi connectivity index (χ3n) is 6.40. The molecule has 0 saturated carbocycles. The molecule has 1 amide bonds. The van der Waals surface area contributed by atoms with Gasteiger partial charge in [-0.2, -0.15) is 0 Å². The van der Waals surface area contributed by atoms with E-state index in [4.69, 9.17) is 5.73 Å². The molecule has 0 aromatic heterocycles. The second-order valence-corrected chi connectivity index (χ2v) is 9.16. The number of allylic oxidation sites excluding steroid dienone is 1. The van der Waals surface area contributed by atoms with Crippen LogP contribution in [0.1, 0.15) is 48.9 Å². The van der Waals surface area contributed by atoms with E-state index in [1.165, 1.54) is 12.4 Å². The number of nitrogens with zero attached hydrogens (tertiary/aromatic N) is 2. The molecule has 0 fully saturated rings. The standard InChI is InChI=1S/C26H30F2N4O/c1-15-8-21-22(31-25(33)9-15)5-4-6-23(21)32-14-16(2)7-17-10-19(18(12-29)13-30-3)20(26(27)28)11-24(17)32/h4-6,10-13,15-16,26H,7-9,14,29H2,1-3H3,(H,31,33)/t15-,16+/m0/s1. The van der Waals surface area contributed by atoms with Crippen molar-refractivity contribution in [1.29, 1.82) is 0 Å². The number of aliphatic imine (C=N–C) groups is 1. The maximum absolute atomic E-state index is 14.2. The number of hydrogen-bond acceptors (Lipinski definition) is 4. The van der Waals surface area contributed by atoms with Gasteiger partial charge in [-0.25, -0.2) is 8.78 Å². The van der Waals surface area contributed by atoms with E-state index in [-0.39, 0.29) is 17.4 Å². The Hall–Kier alpha value is -3.22. The van der Waals surface area contributed by atoms with Gasteiger partial charge in [-0.05, 0) is 65.6 Å². The minimum absolute atomic E-state index is 0.00845. The van der Waals surface area contributed by atoms with Crippen molar-refractivity contribution in [2.45, 2.75) is 39.5 Å². The lowest BCUT2D eigenvalue weighted by Gasteiger charge is -2.37. The van der Waals surface area contributed by atoms with Gasteiger partial charge in [0.15, 0.2) is 0 Å². The second kappa shape index (κ2) is 9.33. The van der Waals surface area contributed by atoms with E-state index in [0.717, 1.165) is 41.0 Å². The van der Waals surface area contributed by atoms with Crippen LogP contribution < -0.4 is 16.0 Å². The van der Waals surface area contributed by atoms with Gasteiger partial charge in [0.25, 0.3) is 6.43 Å². The minimum Gasteiger partial charge on any atom is -0.404 e. The first kappa shape index (κ1) is 23.0. The van der Waals surface area contributed by atoms with E-state index in [1.54, 1.807) is 13.1 Å². The number of halogens is 2. The van der Waals surface area contributed by atoms with Crippen LogP contribution in [-0.4, -0.2) is 25.7 Å². The van der Waals surface area contributed by atoms with Gasteiger partial charge in [0.2, 0.25) is 5.91 Å². The Morgan fingerprint density at radius 2 is 1.97 bits per heavy atom. The molecule has 2 aromatic carbocycles. The number of carbonyl (C=O) groups excluding carboxylic acids is 1. The van der Waals surface area contributed by atoms with E-state index in [1.807, 2.05) is 24.3 Å². The van der Waals surface area contributed by atoms with Crippen molar-refractivity contribution in [1.82, 2.24) is 0 Å². The molecule has 7 heteroatoms. The Morgan fingerprint density at radius 3 is 2.67 bits per heavy atom. The van der Waals surface area contributed by atoms with Crippen molar-refractivity contribution < 1.29 is 13.6 Å². The normalized spacial score (nSPS) is 21.1. The van der Waals surface area contributed by atoms with Crippen LogP contribution in [0.2, 0.25) is 0 Å². The molecule has 2 aliphatic rings. The van der Waals surface area contributed by atoms with Crippen LogP contribution in [0.4, 0.5) is 25.8 Å². The summed E-state index contributed by atoms with van der Waals surface area (Å²) < 4.78 is 28.4. The number of alkyl halides is 2. The molecule has 5 nitrogen and oxygen atoms in total. The topological polar surface area (TPSA) is 70.7 Å². The van der Waals surface area contributed by atoms with Crippen molar-refractivity contribution in [3.8, 4) is 0 Å². The molecule has 174 valence electrons. The summed E-state index contributed by atoms with van der Waals surface area (Å²) in [5.41, 5.74) is 11.2. The van der Waals surface area contributed by atoms with Crippen LogP contribution in [0.15, 0.2) is 41.5 Å². The predicted molar refractivity (Wildman–Crippen MR) is 130 cm³/mol. The Labute approximate surface area is 193 Å². The Balaban J connectivity index is 1.89. The SMILES string of the molecule is CN=CC(=CN)c1cc2c(cc1C(F)F)N(c1cccc3c1C[C@H](C)CC(=O)N3)C[C@H](C)C2. The molecule has 0 bridgehead atoms. The van der Waals surface area contributed by atoms with Crippen molar-refractivity contribution in [3.05, 3.63) is 58.8 Å². The molecule has 3 N–H and O–H groups in total. The molecule has 2 heterocycles. The third kappa shape index (κ3) is 4.49. The number of benzene rings is 2. The largest absolute Gasteiger partial charge is 0.404 e. The lowest BCUT2D eigenvalue weighted by molar-refractivity contribution is -0.116. The van der Waals surface area contributed by atoms with Gasteiger partial charge in [-0.1, -0.05) is 19.9 Å². The molecule has 2 atom stereocenters. The van der Waals surface area contributed by atoms with Gasteiger partial charge in [-0.15, -0.1) is 0 Å². The maximum atomic E-state index is 14.2. The van der Waals surface area contributed by atoms with E-state index in [9.17, 15) is 13.6 Å². The van der Waals surface area contributed by atoms with Gasteiger partial charge < -0.3 is 16.0 Å². The summed E-state index contributed by atoms with van der Waals surface area (Å²) in [5, 5.41) is 3.02. The van der Waals surface area contributed by atoms with Crippen LogP contribution >= 0.6 is 0 Å². The van der Waals surface area contributed by atoms with Crippen LogP contribution in [0.25, 0.3) is 5.57 Å². The van der Waals surface area contributed by atoms with Crippen LogP contribution in [0.5, 0.6) is 0 Å². The number of carbonyl (C=O) groups is 1. The highest BCUT2D eigenvalue weighted by molar-refractivity contribution is 6.10. The number of rotatable bonds is 4. The second-order valence-electron chi connectivity index (χ2n) is 9.16. The van der Waals surface area contributed by atoms with Crippen LogP contribution in [0.3, 0.4) is 0 Å². The molecule has 0 radical (unpaired) electrons. The summed E-state index contributed by atoms with van der Waals surface area (Å²) >= 11 is 0. The fraction of sp³-hybridized carbons (Fsp3) is 0.385. The summed E-state index contributed by atoms with van der Waals surface area (Å²) in [6.45, 7) is 4.94. The zero-order chi connectivity index (χ0) is 23.7. The molecular formula is C26H30F2N4O. The number of hydrogen-bond donors (Lipinski definition) is 2. The summed E-state index contributed by atoms with van der Waals surface area (Å²) in [4.78, 5) is 18.4. The molecule has 0 spiro atoms. The Kier molecular flexibility index (Phi) is 6.49. The summed E-state index contributed by atoms with van der Waals surface area (Å²) in [7, 11) is 1.59. The molecule has 0 unspecified atom stereocenters. The summed E-state index contributed by atoms with van der Waals surface area (Å²) in [5.74, 6) is 0.523. The molecule has 2 aliphatic heterocycles. The predicted octanol–water partition coefficient (Wildman–Crippen LogP) is 5.48.